The lowest BCUT2D eigenvalue weighted by Gasteiger charge is -2.36. The van der Waals surface area contributed by atoms with Gasteiger partial charge in [-0.05, 0) is 56.3 Å². The first kappa shape index (κ1) is 27.6. The normalized spacial score (nSPS) is 14.4. The molecule has 2 aromatic carbocycles. The van der Waals surface area contributed by atoms with Gasteiger partial charge in [-0.2, -0.15) is 5.10 Å². The fourth-order valence-electron chi connectivity index (χ4n) is 5.51. The first-order valence-electron chi connectivity index (χ1n) is 13.9. The number of ether oxygens (including phenoxy) is 1. The fourth-order valence-corrected chi connectivity index (χ4v) is 6.41. The van der Waals surface area contributed by atoms with E-state index in [4.69, 9.17) is 10.5 Å². The minimum absolute atomic E-state index is 0.238. The Morgan fingerprint density at radius 2 is 1.79 bits per heavy atom. The van der Waals surface area contributed by atoms with Crippen LogP contribution < -0.4 is 21.0 Å². The lowest BCUT2D eigenvalue weighted by Crippen LogP contribution is -2.54. The number of aromatic nitrogens is 2. The smallest absolute Gasteiger partial charge is 0.334 e. The lowest BCUT2D eigenvalue weighted by atomic mass is 10.1. The summed E-state index contributed by atoms with van der Waals surface area (Å²) >= 11 is 1.27. The predicted molar refractivity (Wildman–Crippen MR) is 163 cm³/mol. The topological polar surface area (TPSA) is 137 Å². The highest BCUT2D eigenvalue weighted by atomic mass is 32.1. The molecule has 3 heterocycles. The molecule has 1 aliphatic heterocycles. The van der Waals surface area contributed by atoms with Gasteiger partial charge in [0.15, 0.2) is 5.78 Å². The van der Waals surface area contributed by atoms with Gasteiger partial charge in [-0.25, -0.2) is 14.8 Å². The Hall–Kier alpha value is -4.52. The molecule has 216 valence electrons. The van der Waals surface area contributed by atoms with E-state index in [-0.39, 0.29) is 11.7 Å². The third-order valence-electron chi connectivity index (χ3n) is 7.56. The summed E-state index contributed by atoms with van der Waals surface area (Å²) in [4.78, 5) is 43.0. The minimum Gasteiger partial charge on any atom is -0.379 e. The number of primary amides is 1. The Morgan fingerprint density at radius 1 is 1.05 bits per heavy atom. The number of fused-ring (bicyclic) bond motifs is 3. The Labute approximate surface area is 246 Å². The van der Waals surface area contributed by atoms with Crippen molar-refractivity contribution in [3.63, 3.8) is 0 Å². The molecule has 1 fully saturated rings. The number of H-pyrrole nitrogens is 1. The molecular weight excluding hydrogens is 554 g/mol. The van der Waals surface area contributed by atoms with E-state index in [1.165, 1.54) is 16.3 Å². The van der Waals surface area contributed by atoms with E-state index in [0.717, 1.165) is 18.8 Å². The van der Waals surface area contributed by atoms with Gasteiger partial charge >= 0.3 is 6.03 Å². The fraction of sp³-hybridized carbons (Fsp3) is 0.267. The third kappa shape index (κ3) is 4.83. The molecule has 4 aromatic rings. The molecule has 12 heteroatoms. The highest BCUT2D eigenvalue weighted by Crippen LogP contribution is 2.45. The van der Waals surface area contributed by atoms with Gasteiger partial charge in [-0.1, -0.05) is 12.1 Å². The van der Waals surface area contributed by atoms with Gasteiger partial charge in [0.2, 0.25) is 0 Å². The van der Waals surface area contributed by atoms with Crippen molar-refractivity contribution in [1.82, 2.24) is 15.2 Å². The molecule has 0 radical (unpaired) electrons. The van der Waals surface area contributed by atoms with Crippen molar-refractivity contribution in [3.05, 3.63) is 70.6 Å². The second-order valence-corrected chi connectivity index (χ2v) is 11.0. The van der Waals surface area contributed by atoms with Crippen LogP contribution in [0.1, 0.15) is 39.4 Å². The molecule has 11 nitrogen and oxygen atoms in total. The van der Waals surface area contributed by atoms with E-state index < -0.39 is 6.03 Å². The molecule has 2 aromatic heterocycles. The Kier molecular flexibility index (Phi) is 7.50. The number of ketones is 1. The summed E-state index contributed by atoms with van der Waals surface area (Å²) in [5.74, 6) is -0.496. The van der Waals surface area contributed by atoms with Crippen molar-refractivity contribution in [2.45, 2.75) is 13.8 Å². The first-order chi connectivity index (χ1) is 20.4. The van der Waals surface area contributed by atoms with Gasteiger partial charge in [0.25, 0.3) is 5.91 Å². The zero-order valence-corrected chi connectivity index (χ0v) is 24.2. The van der Waals surface area contributed by atoms with Crippen LogP contribution in [0.15, 0.2) is 54.6 Å². The number of carbonyl (C=O) groups is 3. The number of urea groups is 1. The monoisotopic (exact) mass is 585 g/mol. The number of rotatable bonds is 8. The van der Waals surface area contributed by atoms with Gasteiger partial charge in [-0.3, -0.25) is 14.7 Å². The largest absolute Gasteiger partial charge is 0.379 e. The molecular formula is C30H31N7O4S. The summed E-state index contributed by atoms with van der Waals surface area (Å²) in [5, 5.41) is 13.6. The predicted octanol–water partition coefficient (Wildman–Crippen LogP) is 4.58. The van der Waals surface area contributed by atoms with Crippen LogP contribution in [0.2, 0.25) is 0 Å². The van der Waals surface area contributed by atoms with Gasteiger partial charge in [-0.15, -0.1) is 11.3 Å². The van der Waals surface area contributed by atoms with Gasteiger partial charge < -0.3 is 20.7 Å². The van der Waals surface area contributed by atoms with Crippen LogP contribution in [0.25, 0.3) is 21.8 Å². The van der Waals surface area contributed by atoms with Crippen LogP contribution >= 0.6 is 11.3 Å². The third-order valence-corrected chi connectivity index (χ3v) is 8.66. The number of morpholine rings is 1. The number of aromatic amines is 1. The number of carbonyl (C=O) groups excluding carboxylic acids is 3. The van der Waals surface area contributed by atoms with Crippen LogP contribution in [0, 0.1) is 0 Å². The second-order valence-electron chi connectivity index (χ2n) is 9.90. The van der Waals surface area contributed by atoms with Crippen molar-refractivity contribution < 1.29 is 19.1 Å². The summed E-state index contributed by atoms with van der Waals surface area (Å²) in [6.45, 7) is 7.87. The van der Waals surface area contributed by atoms with Crippen molar-refractivity contribution in [1.29, 1.82) is 0 Å². The molecule has 42 heavy (non-hydrogen) atoms. The number of benzene rings is 2. The van der Waals surface area contributed by atoms with Crippen molar-refractivity contribution in [2.75, 3.05) is 54.6 Å². The highest BCUT2D eigenvalue weighted by molar-refractivity contribution is 7.17. The molecule has 0 saturated carbocycles. The van der Waals surface area contributed by atoms with E-state index in [1.807, 2.05) is 30.3 Å². The molecule has 6 rings (SSSR count). The maximum Gasteiger partial charge on any atom is 0.334 e. The summed E-state index contributed by atoms with van der Waals surface area (Å²) in [6.07, 6.45) is 0. The molecule has 1 saturated heterocycles. The van der Waals surface area contributed by atoms with Crippen LogP contribution in [0.5, 0.6) is 0 Å². The number of anilines is 3. The van der Waals surface area contributed by atoms with Crippen LogP contribution in [-0.4, -0.2) is 72.3 Å². The number of nitrogens with one attached hydrogen (secondary N) is 2. The molecule has 0 atom stereocenters. The highest BCUT2D eigenvalue weighted by Gasteiger charge is 2.38. The van der Waals surface area contributed by atoms with Gasteiger partial charge in [0.1, 0.15) is 5.69 Å². The van der Waals surface area contributed by atoms with Gasteiger partial charge in [0, 0.05) is 43.1 Å². The number of nitrogens with two attached hydrogens (primary N) is 1. The Balaban J connectivity index is 1.25. The van der Waals surface area contributed by atoms with E-state index in [2.05, 4.69) is 34.3 Å². The zero-order chi connectivity index (χ0) is 29.4. The summed E-state index contributed by atoms with van der Waals surface area (Å²) < 4.78 is 5.43. The molecule has 3 amide bonds. The van der Waals surface area contributed by atoms with Crippen molar-refractivity contribution in [2.24, 2.45) is 5.73 Å². The van der Waals surface area contributed by atoms with Crippen LogP contribution in [-0.2, 0) is 4.74 Å². The van der Waals surface area contributed by atoms with E-state index in [0.29, 0.717) is 75.5 Å². The van der Waals surface area contributed by atoms with E-state index in [1.54, 1.807) is 29.3 Å². The maximum atomic E-state index is 13.9. The number of thiophene rings is 1. The van der Waals surface area contributed by atoms with Crippen molar-refractivity contribution >= 4 is 46.1 Å². The summed E-state index contributed by atoms with van der Waals surface area (Å²) in [7, 11) is 0. The number of nitrogens with zero attached hydrogens (tertiary/aromatic N) is 4. The summed E-state index contributed by atoms with van der Waals surface area (Å²) in [5.41, 5.74) is 10.4. The van der Waals surface area contributed by atoms with Gasteiger partial charge in [0.05, 0.1) is 45.5 Å². The zero-order valence-electron chi connectivity index (χ0n) is 23.3. The Bertz CT molecular complexity index is 1650. The SMILES string of the molecule is CCN(CC)c1ccc(NC(=O)c2ccc(-c3[nH]nc4c3C(=O)c3c-4cccc3N(C(N)=O)N3CCOCC3)s2)cc1. The van der Waals surface area contributed by atoms with Crippen molar-refractivity contribution in [3.8, 4) is 21.8 Å². The summed E-state index contributed by atoms with van der Waals surface area (Å²) in [6, 6.07) is 15.9. The average Bonchev–Trinajstić information content (AvgIpc) is 3.72. The standard InChI is InChI=1S/C30H31N7O4S/c1-3-35(4-2)19-10-8-18(9-11-19)32-29(39)23-13-12-22(42-23)27-25-26(33-34-27)20-6-5-7-21(24(20)28(25)38)37(30(31)40)36-14-16-41-17-15-36/h5-13H,3-4,14-17H2,1-2H3,(H2,31,40)(H,32,39)(H,33,34). The molecule has 2 aliphatic rings. The van der Waals surface area contributed by atoms with Crippen LogP contribution in [0.3, 0.4) is 0 Å². The molecule has 0 spiro atoms. The number of hydrazine groups is 1. The number of amides is 3. The number of hydrogen-bond donors (Lipinski definition) is 3. The Morgan fingerprint density at radius 3 is 2.48 bits per heavy atom. The first-order valence-corrected chi connectivity index (χ1v) is 14.7. The number of hydrogen-bond acceptors (Lipinski definition) is 8. The lowest BCUT2D eigenvalue weighted by molar-refractivity contribution is 0.0364. The molecule has 4 N–H and O–H groups in total. The maximum absolute atomic E-state index is 13.9. The molecule has 0 bridgehead atoms. The van der Waals surface area contributed by atoms with Crippen LogP contribution in [0.4, 0.5) is 21.9 Å². The minimum atomic E-state index is -0.680. The second kappa shape index (κ2) is 11.4. The quantitative estimate of drug-likeness (QED) is 0.242. The van der Waals surface area contributed by atoms with E-state index in [9.17, 15) is 14.4 Å². The molecule has 1 aliphatic carbocycles. The average molecular weight is 586 g/mol. The molecule has 0 unspecified atom stereocenters. The van der Waals surface area contributed by atoms with E-state index >= 15 is 0 Å².